The van der Waals surface area contributed by atoms with E-state index in [0.717, 1.165) is 25.9 Å². The van der Waals surface area contributed by atoms with Gasteiger partial charge in [-0.05, 0) is 47.7 Å². The number of imidazole rings is 1. The Balaban J connectivity index is 1.12. The molecule has 2 aliphatic rings. The molecule has 0 unspecified atom stereocenters. The summed E-state index contributed by atoms with van der Waals surface area (Å²) in [4.78, 5) is 13.2. The van der Waals surface area contributed by atoms with Crippen LogP contribution in [-0.4, -0.2) is 78.7 Å². The maximum absolute atomic E-state index is 10.8. The van der Waals surface area contributed by atoms with E-state index in [1.54, 1.807) is 22.7 Å². The lowest BCUT2D eigenvalue weighted by Gasteiger charge is -2.17. The van der Waals surface area contributed by atoms with Gasteiger partial charge < -0.3 is 25.6 Å². The predicted molar refractivity (Wildman–Crippen MR) is 154 cm³/mol. The second kappa shape index (κ2) is 11.8. The number of halogens is 1. The van der Waals surface area contributed by atoms with E-state index in [2.05, 4.69) is 62.0 Å². The normalized spacial score (nSPS) is 24.9. The fourth-order valence-corrected chi connectivity index (χ4v) is 6.54. The summed E-state index contributed by atoms with van der Waals surface area (Å²) in [7, 11) is 0. The van der Waals surface area contributed by atoms with E-state index in [1.807, 2.05) is 18.2 Å². The summed E-state index contributed by atoms with van der Waals surface area (Å²) in [6, 6.07) is 18.8. The van der Waals surface area contributed by atoms with E-state index in [9.17, 15) is 10.2 Å². The lowest BCUT2D eigenvalue weighted by Crippen LogP contribution is -2.33. The Bertz CT molecular complexity index is 1400. The molecule has 2 saturated heterocycles. The monoisotopic (exact) mass is 566 g/mol. The van der Waals surface area contributed by atoms with Crippen molar-refractivity contribution in [3.8, 4) is 11.1 Å². The minimum absolute atomic E-state index is 0.0628. The largest absolute Gasteiger partial charge is 0.387 e. The van der Waals surface area contributed by atoms with Gasteiger partial charge in [0.15, 0.2) is 23.2 Å². The summed E-state index contributed by atoms with van der Waals surface area (Å²) >= 11 is 8.04. The first-order chi connectivity index (χ1) is 19.1. The van der Waals surface area contributed by atoms with Crippen LogP contribution in [0.15, 0.2) is 60.9 Å². The molecule has 2 aromatic carbocycles. The van der Waals surface area contributed by atoms with E-state index in [1.165, 1.54) is 16.7 Å². The van der Waals surface area contributed by atoms with Crippen LogP contribution < -0.4 is 10.6 Å². The zero-order chi connectivity index (χ0) is 26.8. The van der Waals surface area contributed by atoms with Crippen LogP contribution >= 0.6 is 23.4 Å². The van der Waals surface area contributed by atoms with Crippen molar-refractivity contribution in [3.05, 3.63) is 71.8 Å². The molecule has 2 fully saturated rings. The van der Waals surface area contributed by atoms with Gasteiger partial charge in [-0.25, -0.2) is 4.98 Å². The summed E-state index contributed by atoms with van der Waals surface area (Å²) in [5.41, 5.74) is 4.53. The van der Waals surface area contributed by atoms with E-state index in [0.29, 0.717) is 34.5 Å². The summed E-state index contributed by atoms with van der Waals surface area (Å²) in [5, 5.41) is 28.7. The van der Waals surface area contributed by atoms with E-state index in [-0.39, 0.29) is 5.28 Å². The van der Waals surface area contributed by atoms with Crippen molar-refractivity contribution in [3.63, 3.8) is 0 Å². The molecular weight excluding hydrogens is 536 g/mol. The first-order valence-corrected chi connectivity index (χ1v) is 14.6. The summed E-state index contributed by atoms with van der Waals surface area (Å²) in [5.74, 6) is 1.11. The minimum atomic E-state index is -1.11. The lowest BCUT2D eigenvalue weighted by molar-refractivity contribution is -0.0289. The molecule has 4 aromatic rings. The Kier molecular flexibility index (Phi) is 8.01. The maximum atomic E-state index is 10.8. The van der Waals surface area contributed by atoms with E-state index in [4.69, 9.17) is 16.3 Å². The zero-order valence-electron chi connectivity index (χ0n) is 21.3. The molecule has 4 heterocycles. The van der Waals surface area contributed by atoms with Gasteiger partial charge in [0.2, 0.25) is 5.28 Å². The number of nitrogens with zero attached hydrogens (tertiary/aromatic N) is 4. The zero-order valence-corrected chi connectivity index (χ0v) is 22.9. The molecular formula is C28H31ClN6O3S. The first kappa shape index (κ1) is 26.5. The molecule has 39 heavy (non-hydrogen) atoms. The number of thioether (sulfide) groups is 1. The van der Waals surface area contributed by atoms with Gasteiger partial charge in [0.1, 0.15) is 12.2 Å². The van der Waals surface area contributed by atoms with Crippen LogP contribution in [0.1, 0.15) is 18.2 Å². The molecule has 6 rings (SSSR count). The summed E-state index contributed by atoms with van der Waals surface area (Å²) in [6.45, 7) is 2.59. The fourth-order valence-electron chi connectivity index (χ4n) is 5.12. The van der Waals surface area contributed by atoms with Gasteiger partial charge in [0.05, 0.1) is 12.4 Å². The number of aliphatic hydroxyl groups is 2. The van der Waals surface area contributed by atoms with Crippen LogP contribution in [0.2, 0.25) is 5.28 Å². The van der Waals surface area contributed by atoms with Gasteiger partial charge in [0.25, 0.3) is 0 Å². The van der Waals surface area contributed by atoms with Crippen LogP contribution in [0.3, 0.4) is 0 Å². The number of rotatable bonds is 9. The van der Waals surface area contributed by atoms with Gasteiger partial charge >= 0.3 is 0 Å². The number of aliphatic hydroxyl groups excluding tert-OH is 2. The number of nitrogens with one attached hydrogen (secondary N) is 2. The van der Waals surface area contributed by atoms with Crippen molar-refractivity contribution < 1.29 is 14.9 Å². The highest BCUT2D eigenvalue weighted by Crippen LogP contribution is 2.35. The van der Waals surface area contributed by atoms with Crippen LogP contribution in [0.25, 0.3) is 22.3 Å². The molecule has 11 heteroatoms. The van der Waals surface area contributed by atoms with E-state index < -0.39 is 24.5 Å². The molecule has 5 atom stereocenters. The third-order valence-electron chi connectivity index (χ3n) is 7.28. The Hall–Kier alpha value is -2.73. The van der Waals surface area contributed by atoms with Crippen LogP contribution in [0, 0.1) is 0 Å². The maximum Gasteiger partial charge on any atom is 0.226 e. The van der Waals surface area contributed by atoms with Crippen molar-refractivity contribution in [1.29, 1.82) is 0 Å². The number of benzene rings is 2. The third kappa shape index (κ3) is 5.77. The standard InChI is InChI=1S/C28H31ClN6O3S/c29-28-33-25(31-13-10-17-6-8-19(9-7-17)18-4-2-1-3-5-18)22-26(34-28)35(16-32-22)27-24(37)23(36)21(38-27)15-39-20-11-12-30-14-20/h1-9,16,20-21,23-24,27,30,36-37H,10-15H2,(H,31,33,34)/t20-,21+,23+,24+,27+/m0/s1. The SMILES string of the molecule is O[C@@H]1[C@H](O)[C@@H](CS[C@H]2CCNC2)O[C@H]1n1cnc2c(NCCc3ccc(-c4ccccc4)cc3)nc(Cl)nc21. The smallest absolute Gasteiger partial charge is 0.226 e. The second-order valence-corrected chi connectivity index (χ2v) is 11.6. The Morgan fingerprint density at radius 2 is 1.85 bits per heavy atom. The quantitative estimate of drug-likeness (QED) is 0.226. The van der Waals surface area contributed by atoms with Crippen LogP contribution in [0.4, 0.5) is 5.82 Å². The van der Waals surface area contributed by atoms with E-state index >= 15 is 0 Å². The lowest BCUT2D eigenvalue weighted by atomic mass is 10.0. The highest BCUT2D eigenvalue weighted by atomic mass is 35.5. The molecule has 9 nitrogen and oxygen atoms in total. The molecule has 0 bridgehead atoms. The molecule has 4 N–H and O–H groups in total. The number of aromatic nitrogens is 4. The number of ether oxygens (including phenoxy) is 1. The highest BCUT2D eigenvalue weighted by Gasteiger charge is 2.44. The highest BCUT2D eigenvalue weighted by molar-refractivity contribution is 8.00. The second-order valence-electron chi connectivity index (χ2n) is 9.90. The fraction of sp³-hybridized carbons (Fsp3) is 0.393. The summed E-state index contributed by atoms with van der Waals surface area (Å²) < 4.78 is 7.75. The van der Waals surface area contributed by atoms with Crippen molar-refractivity contribution in [2.45, 2.75) is 42.6 Å². The minimum Gasteiger partial charge on any atom is -0.387 e. The number of anilines is 1. The molecule has 0 spiro atoms. The Morgan fingerprint density at radius 3 is 2.62 bits per heavy atom. The molecule has 0 radical (unpaired) electrons. The Labute approximate surface area is 236 Å². The molecule has 0 aliphatic carbocycles. The number of hydrogen-bond acceptors (Lipinski definition) is 9. The van der Waals surface area contributed by atoms with Crippen molar-refractivity contribution in [2.24, 2.45) is 0 Å². The first-order valence-electron chi connectivity index (χ1n) is 13.2. The van der Waals surface area contributed by atoms with Gasteiger partial charge in [-0.15, -0.1) is 0 Å². The predicted octanol–water partition coefficient (Wildman–Crippen LogP) is 3.52. The Morgan fingerprint density at radius 1 is 1.05 bits per heavy atom. The summed E-state index contributed by atoms with van der Waals surface area (Å²) in [6.07, 6.45) is 0.00758. The van der Waals surface area contributed by atoms with Gasteiger partial charge in [-0.3, -0.25) is 4.57 Å². The topological polar surface area (TPSA) is 117 Å². The van der Waals surface area contributed by atoms with Crippen molar-refractivity contribution in [1.82, 2.24) is 24.8 Å². The van der Waals surface area contributed by atoms with Crippen LogP contribution in [-0.2, 0) is 11.2 Å². The number of hydrogen-bond donors (Lipinski definition) is 4. The third-order valence-corrected chi connectivity index (χ3v) is 8.85. The average Bonchev–Trinajstić information content (AvgIpc) is 3.69. The molecule has 2 aliphatic heterocycles. The molecule has 0 amide bonds. The number of fused-ring (bicyclic) bond motifs is 1. The molecule has 2 aromatic heterocycles. The van der Waals surface area contributed by atoms with Crippen molar-refractivity contribution in [2.75, 3.05) is 30.7 Å². The van der Waals surface area contributed by atoms with Gasteiger partial charge in [-0.1, -0.05) is 54.6 Å². The average molecular weight is 567 g/mol. The van der Waals surface area contributed by atoms with Crippen LogP contribution in [0.5, 0.6) is 0 Å². The van der Waals surface area contributed by atoms with Gasteiger partial charge in [-0.2, -0.15) is 21.7 Å². The van der Waals surface area contributed by atoms with Gasteiger partial charge in [0, 0.05) is 24.1 Å². The molecule has 204 valence electrons. The molecule has 0 saturated carbocycles. The van der Waals surface area contributed by atoms with Crippen molar-refractivity contribution >= 4 is 40.3 Å².